The van der Waals surface area contributed by atoms with Crippen molar-refractivity contribution in [3.8, 4) is 12.3 Å². The van der Waals surface area contributed by atoms with Crippen LogP contribution < -0.4 is 31.6 Å². The van der Waals surface area contributed by atoms with Crippen LogP contribution in [0.25, 0.3) is 0 Å². The molecule has 2 heterocycles. The van der Waals surface area contributed by atoms with E-state index in [2.05, 4.69) is 27.2 Å². The highest BCUT2D eigenvalue weighted by Gasteiger charge is 2.47. The number of hydrogen-bond donors (Lipinski definition) is 4. The Morgan fingerprint density at radius 3 is 2.02 bits per heavy atom. The number of rotatable bonds is 30. The Kier molecular flexibility index (Phi) is 20.9. The second-order valence-corrected chi connectivity index (χ2v) is 18.7. The molecule has 13 nitrogen and oxygen atoms in total. The number of carbonyl (C=O) groups excluding carboxylic acids is 3. The Morgan fingerprint density at radius 1 is 0.789 bits per heavy atom. The van der Waals surface area contributed by atoms with Gasteiger partial charge in [-0.3, -0.25) is 9.59 Å². The van der Waals surface area contributed by atoms with Crippen molar-refractivity contribution in [3.63, 3.8) is 0 Å². The Bertz CT molecular complexity index is 1480. The van der Waals surface area contributed by atoms with Crippen LogP contribution in [0.15, 0.2) is 60.7 Å². The molecule has 0 saturated carbocycles. The highest BCUT2D eigenvalue weighted by atomic mass is 32.2. The molecule has 4 rings (SSSR count). The summed E-state index contributed by atoms with van der Waals surface area (Å²) in [5, 5.41) is 14.3. The number of terminal acetylenes is 1. The van der Waals surface area contributed by atoms with E-state index < -0.39 is 14.2 Å². The van der Waals surface area contributed by atoms with E-state index in [9.17, 15) is 14.4 Å². The first-order valence-electron chi connectivity index (χ1n) is 20.1. The van der Waals surface area contributed by atoms with Gasteiger partial charge in [0.1, 0.15) is 0 Å². The Hall–Kier alpha value is -3.46. The normalized spacial score (nSPS) is 17.7. The summed E-state index contributed by atoms with van der Waals surface area (Å²) < 4.78 is 35.9. The van der Waals surface area contributed by atoms with E-state index in [0.717, 1.165) is 41.8 Å². The summed E-state index contributed by atoms with van der Waals surface area (Å²) >= 11 is 1.90. The highest BCUT2D eigenvalue weighted by molar-refractivity contribution is 8.00. The van der Waals surface area contributed by atoms with Gasteiger partial charge in [0, 0.05) is 50.0 Å². The maximum atomic E-state index is 12.7. The SMILES string of the molecule is C#CCCCO[Si](OC(C)(C)CNC(=O)CCOCCOCCOCCOCCNC(=O)CCCCC1SCC2NC(=O)NC21)(c1ccccc1)c1ccccc1. The standard InChI is InChI=1S/C42H62N4O9SSi/c1-4-5-14-23-54-57(34-15-8-6-9-16-34,35-17-10-7-11-18-35)55-42(2,3)33-44-39(48)21-24-50-26-28-52-30-31-53-29-27-51-25-22-43-38(47)20-13-12-19-37-40-36(32-56-37)45-41(49)46-40/h1,6-11,15-18,36-37,40H,5,12-14,19-33H2,2-3H3,(H,43,47)(H,44,48)(H2,45,46,49). The Balaban J connectivity index is 0.974. The van der Waals surface area contributed by atoms with Gasteiger partial charge in [0.15, 0.2) is 0 Å². The van der Waals surface area contributed by atoms with Crippen LogP contribution >= 0.6 is 11.8 Å². The summed E-state index contributed by atoms with van der Waals surface area (Å²) in [4.78, 5) is 36.3. The summed E-state index contributed by atoms with van der Waals surface area (Å²) in [6, 6.07) is 20.4. The molecule has 2 aromatic rings. The van der Waals surface area contributed by atoms with E-state index in [1.807, 2.05) is 86.3 Å². The van der Waals surface area contributed by atoms with Crippen LogP contribution in [-0.4, -0.2) is 128 Å². The van der Waals surface area contributed by atoms with Gasteiger partial charge in [-0.15, -0.1) is 12.3 Å². The molecule has 0 spiro atoms. The van der Waals surface area contributed by atoms with Gasteiger partial charge in [0.2, 0.25) is 11.8 Å². The number of thioether (sulfide) groups is 1. The van der Waals surface area contributed by atoms with Crippen LogP contribution in [0, 0.1) is 12.3 Å². The number of fused-ring (bicyclic) bond motifs is 1. The van der Waals surface area contributed by atoms with Crippen molar-refractivity contribution < 1.29 is 42.2 Å². The summed E-state index contributed by atoms with van der Waals surface area (Å²) in [6.45, 7) is 8.32. The van der Waals surface area contributed by atoms with Crippen molar-refractivity contribution in [3.05, 3.63) is 60.7 Å². The number of urea groups is 1. The van der Waals surface area contributed by atoms with Crippen molar-refractivity contribution in [1.29, 1.82) is 0 Å². The molecule has 3 atom stereocenters. The van der Waals surface area contributed by atoms with E-state index in [4.69, 9.17) is 34.2 Å². The molecule has 0 aromatic heterocycles. The molecule has 0 aliphatic carbocycles. The molecule has 0 radical (unpaired) electrons. The molecule has 57 heavy (non-hydrogen) atoms. The number of hydrogen-bond acceptors (Lipinski definition) is 10. The predicted molar refractivity (Wildman–Crippen MR) is 225 cm³/mol. The zero-order valence-electron chi connectivity index (χ0n) is 33.6. The van der Waals surface area contributed by atoms with Crippen LogP contribution in [0.1, 0.15) is 58.8 Å². The van der Waals surface area contributed by atoms with Crippen LogP contribution in [0.3, 0.4) is 0 Å². The quantitative estimate of drug-likeness (QED) is 0.0401. The fraction of sp³-hybridized carbons (Fsp3) is 0.595. The van der Waals surface area contributed by atoms with Crippen LogP contribution in [0.5, 0.6) is 0 Å². The number of carbonyl (C=O) groups is 3. The summed E-state index contributed by atoms with van der Waals surface area (Å²) in [7, 11) is -3.18. The zero-order valence-corrected chi connectivity index (χ0v) is 35.4. The summed E-state index contributed by atoms with van der Waals surface area (Å²) in [6.07, 6.45) is 10.3. The zero-order chi connectivity index (χ0) is 40.6. The van der Waals surface area contributed by atoms with Gasteiger partial charge in [0.25, 0.3) is 0 Å². The number of ether oxygens (including phenoxy) is 4. The van der Waals surface area contributed by atoms with Gasteiger partial charge in [-0.05, 0) is 43.5 Å². The lowest BCUT2D eigenvalue weighted by Gasteiger charge is -2.39. The van der Waals surface area contributed by atoms with E-state index in [1.54, 1.807) is 0 Å². The van der Waals surface area contributed by atoms with Crippen LogP contribution in [-0.2, 0) is 37.4 Å². The molecule has 2 fully saturated rings. The van der Waals surface area contributed by atoms with E-state index in [1.165, 1.54) is 0 Å². The maximum absolute atomic E-state index is 12.7. The number of nitrogens with one attached hydrogen (secondary N) is 4. The average molecular weight is 827 g/mol. The first kappa shape index (κ1) is 46.2. The van der Waals surface area contributed by atoms with Gasteiger partial charge in [-0.1, -0.05) is 67.1 Å². The first-order valence-corrected chi connectivity index (χ1v) is 23.0. The molecular weight excluding hydrogens is 765 g/mol. The van der Waals surface area contributed by atoms with Crippen molar-refractivity contribution in [2.24, 2.45) is 0 Å². The van der Waals surface area contributed by atoms with Crippen molar-refractivity contribution in [2.75, 3.05) is 78.3 Å². The summed E-state index contributed by atoms with van der Waals surface area (Å²) in [5.74, 6) is 3.53. The van der Waals surface area contributed by atoms with Gasteiger partial charge in [-0.2, -0.15) is 11.8 Å². The largest absolute Gasteiger partial charge is 0.407 e. The molecular formula is C42H62N4O9SSi. The maximum Gasteiger partial charge on any atom is 0.407 e. The van der Waals surface area contributed by atoms with Gasteiger partial charge < -0.3 is 49.1 Å². The molecule has 0 bridgehead atoms. The molecule has 4 N–H and O–H groups in total. The topological polar surface area (TPSA) is 155 Å². The van der Waals surface area contributed by atoms with Crippen molar-refractivity contribution in [2.45, 2.75) is 81.7 Å². The van der Waals surface area contributed by atoms with Crippen LogP contribution in [0.2, 0.25) is 0 Å². The molecule has 4 amide bonds. The fourth-order valence-electron chi connectivity index (χ4n) is 6.56. The third-order valence-corrected chi connectivity index (χ3v) is 14.6. The molecule has 15 heteroatoms. The Morgan fingerprint density at radius 2 is 1.39 bits per heavy atom. The summed E-state index contributed by atoms with van der Waals surface area (Å²) in [5.41, 5.74) is -0.739. The molecule has 3 unspecified atom stereocenters. The van der Waals surface area contributed by atoms with E-state index >= 15 is 0 Å². The second kappa shape index (κ2) is 25.8. The van der Waals surface area contributed by atoms with Gasteiger partial charge >= 0.3 is 14.6 Å². The number of amides is 4. The third kappa shape index (κ3) is 16.7. The number of benzene rings is 2. The molecule has 314 valence electrons. The first-order chi connectivity index (χ1) is 27.7. The lowest BCUT2D eigenvalue weighted by molar-refractivity contribution is -0.123. The fourth-order valence-corrected chi connectivity index (χ4v) is 11.6. The molecule has 2 aromatic carbocycles. The average Bonchev–Trinajstić information content (AvgIpc) is 3.78. The Labute approximate surface area is 344 Å². The van der Waals surface area contributed by atoms with Crippen LogP contribution in [0.4, 0.5) is 4.79 Å². The monoisotopic (exact) mass is 826 g/mol. The molecule has 2 saturated heterocycles. The highest BCUT2D eigenvalue weighted by Crippen LogP contribution is 2.33. The minimum absolute atomic E-state index is 0.0304. The van der Waals surface area contributed by atoms with Crippen molar-refractivity contribution >= 4 is 48.5 Å². The third-order valence-electron chi connectivity index (χ3n) is 9.45. The van der Waals surface area contributed by atoms with E-state index in [-0.39, 0.29) is 43.0 Å². The van der Waals surface area contributed by atoms with Crippen molar-refractivity contribution in [1.82, 2.24) is 21.3 Å². The lowest BCUT2D eigenvalue weighted by atomic mass is 10.0. The van der Waals surface area contributed by atoms with E-state index in [0.29, 0.717) is 84.0 Å². The lowest BCUT2D eigenvalue weighted by Crippen LogP contribution is -2.67. The van der Waals surface area contributed by atoms with Gasteiger partial charge in [0.05, 0.1) is 70.5 Å². The molecule has 2 aliphatic heterocycles. The number of unbranched alkanes of at least 4 members (excludes halogenated alkanes) is 2. The van der Waals surface area contributed by atoms with Gasteiger partial charge in [-0.25, -0.2) is 4.79 Å². The minimum Gasteiger partial charge on any atom is -0.388 e. The second-order valence-electron chi connectivity index (χ2n) is 14.6. The predicted octanol–water partition coefficient (Wildman–Crippen LogP) is 2.88. The smallest absolute Gasteiger partial charge is 0.388 e. The molecule has 2 aliphatic rings. The minimum atomic E-state index is -3.18.